The van der Waals surface area contributed by atoms with Gasteiger partial charge in [-0.25, -0.2) is 8.42 Å². The van der Waals surface area contributed by atoms with Crippen LogP contribution in [0.1, 0.15) is 6.42 Å². The zero-order valence-corrected chi connectivity index (χ0v) is 14.8. The van der Waals surface area contributed by atoms with Crippen molar-refractivity contribution >= 4 is 10.0 Å². The lowest BCUT2D eigenvalue weighted by molar-refractivity contribution is 0.0123. The summed E-state index contributed by atoms with van der Waals surface area (Å²) in [5.74, 6) is 0.636. The second-order valence-corrected chi connectivity index (χ2v) is 8.44. The van der Waals surface area contributed by atoms with Crippen LogP contribution in [0.3, 0.4) is 0 Å². The molecule has 2 heterocycles. The van der Waals surface area contributed by atoms with Gasteiger partial charge in [-0.2, -0.15) is 4.31 Å². The second-order valence-electron chi connectivity index (χ2n) is 6.51. The maximum absolute atomic E-state index is 12.7. The average molecular weight is 355 g/mol. The number of methoxy groups -OCH3 is 1. The minimum atomic E-state index is -3.48. The van der Waals surface area contributed by atoms with Crippen LogP contribution in [0.25, 0.3) is 0 Å². The number of rotatable bonds is 5. The maximum Gasteiger partial charge on any atom is 0.243 e. The van der Waals surface area contributed by atoms with Gasteiger partial charge < -0.3 is 15.2 Å². The molecule has 1 aromatic rings. The molecule has 24 heavy (non-hydrogen) atoms. The Hall–Kier alpha value is -1.19. The normalized spacial score (nSPS) is 26.6. The van der Waals surface area contributed by atoms with E-state index in [1.54, 1.807) is 31.4 Å². The third-order valence-electron chi connectivity index (χ3n) is 4.77. The Morgan fingerprint density at radius 3 is 2.42 bits per heavy atom. The molecule has 1 atom stereocenters. The molecule has 1 aromatic carbocycles. The standard InChI is InChI=1S/C16H25N3O4S/c1-23-14-2-4-15(5-3-14)24(21,22)19-10-8-18(9-11-19)13-16(20)6-7-17-12-16/h2-5,17,20H,6-13H2,1H3/t16-/m1/s1. The summed E-state index contributed by atoms with van der Waals surface area (Å²) in [5.41, 5.74) is -0.684. The average Bonchev–Trinajstić information content (AvgIpc) is 3.01. The predicted molar refractivity (Wildman–Crippen MR) is 90.6 cm³/mol. The van der Waals surface area contributed by atoms with Crippen molar-refractivity contribution in [3.63, 3.8) is 0 Å². The fraction of sp³-hybridized carbons (Fsp3) is 0.625. The van der Waals surface area contributed by atoms with E-state index in [4.69, 9.17) is 4.74 Å². The van der Waals surface area contributed by atoms with E-state index >= 15 is 0 Å². The lowest BCUT2D eigenvalue weighted by Crippen LogP contribution is -2.53. The number of hydrogen-bond donors (Lipinski definition) is 2. The number of nitrogens with zero attached hydrogens (tertiary/aromatic N) is 2. The van der Waals surface area contributed by atoms with E-state index in [1.807, 2.05) is 0 Å². The van der Waals surface area contributed by atoms with Crippen molar-refractivity contribution in [1.82, 2.24) is 14.5 Å². The van der Waals surface area contributed by atoms with Gasteiger partial charge in [0.05, 0.1) is 17.6 Å². The molecule has 0 amide bonds. The Labute approximate surface area is 143 Å². The van der Waals surface area contributed by atoms with Gasteiger partial charge in [-0.3, -0.25) is 4.90 Å². The van der Waals surface area contributed by atoms with Crippen molar-refractivity contribution in [3.05, 3.63) is 24.3 Å². The minimum Gasteiger partial charge on any atom is -0.497 e. The summed E-state index contributed by atoms with van der Waals surface area (Å²) in [6, 6.07) is 6.47. The van der Waals surface area contributed by atoms with Gasteiger partial charge in [-0.05, 0) is 37.2 Å². The molecule has 2 aliphatic heterocycles. The van der Waals surface area contributed by atoms with Crippen molar-refractivity contribution in [2.45, 2.75) is 16.9 Å². The molecule has 2 fully saturated rings. The molecule has 134 valence electrons. The summed E-state index contributed by atoms with van der Waals surface area (Å²) in [6.45, 7) is 4.20. The molecule has 2 aliphatic rings. The highest BCUT2D eigenvalue weighted by molar-refractivity contribution is 7.89. The van der Waals surface area contributed by atoms with Gasteiger partial charge in [0.15, 0.2) is 0 Å². The van der Waals surface area contributed by atoms with Crippen LogP contribution in [-0.2, 0) is 10.0 Å². The van der Waals surface area contributed by atoms with E-state index in [0.29, 0.717) is 45.0 Å². The second kappa shape index (κ2) is 6.97. The Morgan fingerprint density at radius 1 is 1.21 bits per heavy atom. The third-order valence-corrected chi connectivity index (χ3v) is 6.68. The van der Waals surface area contributed by atoms with Crippen LogP contribution in [0, 0.1) is 0 Å². The number of piperazine rings is 1. The maximum atomic E-state index is 12.7. The number of ether oxygens (including phenoxy) is 1. The van der Waals surface area contributed by atoms with Gasteiger partial charge in [0.25, 0.3) is 0 Å². The van der Waals surface area contributed by atoms with Crippen molar-refractivity contribution < 1.29 is 18.3 Å². The molecular weight excluding hydrogens is 330 g/mol. The molecule has 2 saturated heterocycles. The largest absolute Gasteiger partial charge is 0.497 e. The minimum absolute atomic E-state index is 0.287. The highest BCUT2D eigenvalue weighted by Gasteiger charge is 2.35. The topological polar surface area (TPSA) is 82.1 Å². The Kier molecular flexibility index (Phi) is 5.12. The summed E-state index contributed by atoms with van der Waals surface area (Å²) < 4.78 is 32.0. The van der Waals surface area contributed by atoms with Crippen LogP contribution >= 0.6 is 0 Å². The van der Waals surface area contributed by atoms with E-state index in [9.17, 15) is 13.5 Å². The molecule has 0 aliphatic carbocycles. The molecule has 7 nitrogen and oxygen atoms in total. The summed E-state index contributed by atoms with van der Waals surface area (Å²) in [6.07, 6.45) is 0.747. The van der Waals surface area contributed by atoms with Crippen molar-refractivity contribution in [2.75, 3.05) is 52.9 Å². The van der Waals surface area contributed by atoms with E-state index < -0.39 is 15.6 Å². The zero-order chi connectivity index (χ0) is 17.2. The van der Waals surface area contributed by atoms with Crippen LogP contribution < -0.4 is 10.1 Å². The molecule has 0 unspecified atom stereocenters. The lowest BCUT2D eigenvalue weighted by Gasteiger charge is -2.37. The quantitative estimate of drug-likeness (QED) is 0.756. The smallest absolute Gasteiger partial charge is 0.243 e. The summed E-state index contributed by atoms with van der Waals surface area (Å²) in [7, 11) is -1.92. The molecule has 0 aromatic heterocycles. The first-order valence-electron chi connectivity index (χ1n) is 8.23. The Morgan fingerprint density at radius 2 is 1.88 bits per heavy atom. The van der Waals surface area contributed by atoms with E-state index in [0.717, 1.165) is 13.0 Å². The lowest BCUT2D eigenvalue weighted by atomic mass is 10.0. The fourth-order valence-corrected chi connectivity index (χ4v) is 4.73. The highest BCUT2D eigenvalue weighted by atomic mass is 32.2. The summed E-state index contributed by atoms with van der Waals surface area (Å²) in [5, 5.41) is 13.6. The van der Waals surface area contributed by atoms with Crippen LogP contribution in [0.15, 0.2) is 29.2 Å². The number of aliphatic hydroxyl groups is 1. The Balaban J connectivity index is 1.60. The van der Waals surface area contributed by atoms with E-state index in [1.165, 1.54) is 4.31 Å². The Bertz CT molecular complexity index is 648. The van der Waals surface area contributed by atoms with Gasteiger partial charge in [0, 0.05) is 39.3 Å². The van der Waals surface area contributed by atoms with Crippen LogP contribution in [0.5, 0.6) is 5.75 Å². The van der Waals surface area contributed by atoms with Crippen LogP contribution in [-0.4, -0.2) is 81.3 Å². The number of nitrogens with one attached hydrogen (secondary N) is 1. The number of sulfonamides is 1. The predicted octanol–water partition coefficient (Wildman–Crippen LogP) is -0.274. The summed E-state index contributed by atoms with van der Waals surface area (Å²) in [4.78, 5) is 2.43. The van der Waals surface area contributed by atoms with Crippen molar-refractivity contribution in [3.8, 4) is 5.75 Å². The van der Waals surface area contributed by atoms with Crippen molar-refractivity contribution in [1.29, 1.82) is 0 Å². The molecule has 8 heteroatoms. The zero-order valence-electron chi connectivity index (χ0n) is 13.9. The molecule has 0 spiro atoms. The molecule has 0 radical (unpaired) electrons. The molecule has 2 N–H and O–H groups in total. The molecular formula is C16H25N3O4S. The SMILES string of the molecule is COc1ccc(S(=O)(=O)N2CCN(C[C@@]3(O)CCNC3)CC2)cc1. The first-order chi connectivity index (χ1) is 11.4. The van der Waals surface area contributed by atoms with Crippen LogP contribution in [0.4, 0.5) is 0 Å². The van der Waals surface area contributed by atoms with Crippen LogP contribution in [0.2, 0.25) is 0 Å². The van der Waals surface area contributed by atoms with Gasteiger partial charge >= 0.3 is 0 Å². The number of benzene rings is 1. The first-order valence-corrected chi connectivity index (χ1v) is 9.67. The number of hydrogen-bond acceptors (Lipinski definition) is 6. The van der Waals surface area contributed by atoms with Gasteiger partial charge in [-0.1, -0.05) is 0 Å². The molecule has 0 saturated carbocycles. The first kappa shape index (κ1) is 17.6. The van der Waals surface area contributed by atoms with Crippen molar-refractivity contribution in [2.24, 2.45) is 0 Å². The highest BCUT2D eigenvalue weighted by Crippen LogP contribution is 2.22. The fourth-order valence-electron chi connectivity index (χ4n) is 3.31. The van der Waals surface area contributed by atoms with Gasteiger partial charge in [-0.15, -0.1) is 0 Å². The summed E-state index contributed by atoms with van der Waals surface area (Å²) >= 11 is 0. The van der Waals surface area contributed by atoms with E-state index in [2.05, 4.69) is 10.2 Å². The third kappa shape index (κ3) is 3.73. The van der Waals surface area contributed by atoms with Gasteiger partial charge in [0.2, 0.25) is 10.0 Å². The molecule has 0 bridgehead atoms. The number of β-amino-alcohol motifs (C(OH)–C–C–N with tert-alkyl or cyclic N) is 1. The molecule has 3 rings (SSSR count). The monoisotopic (exact) mass is 355 g/mol. The van der Waals surface area contributed by atoms with E-state index in [-0.39, 0.29) is 4.90 Å². The van der Waals surface area contributed by atoms with Gasteiger partial charge in [0.1, 0.15) is 5.75 Å².